The van der Waals surface area contributed by atoms with E-state index in [1.165, 1.54) is 41.7 Å². The molecule has 8 heteroatoms. The molecule has 3 aromatic carbocycles. The van der Waals surface area contributed by atoms with Gasteiger partial charge in [-0.05, 0) is 66.6 Å². The Morgan fingerprint density at radius 1 is 1.06 bits per heavy atom. The van der Waals surface area contributed by atoms with Crippen LogP contribution in [0.1, 0.15) is 20.8 Å². The van der Waals surface area contributed by atoms with E-state index in [0.717, 1.165) is 18.5 Å². The van der Waals surface area contributed by atoms with Crippen molar-refractivity contribution in [2.75, 3.05) is 19.6 Å². The third-order valence-corrected chi connectivity index (χ3v) is 7.28. The minimum absolute atomic E-state index is 0.0810. The average molecular weight is 498 g/mol. The molecule has 1 fully saturated rings. The van der Waals surface area contributed by atoms with Crippen LogP contribution in [0, 0.1) is 11.7 Å². The van der Waals surface area contributed by atoms with Gasteiger partial charge in [-0.2, -0.15) is 0 Å². The number of rotatable bonds is 8. The molecule has 180 valence electrons. The van der Waals surface area contributed by atoms with Gasteiger partial charge >= 0.3 is 0 Å². The van der Waals surface area contributed by atoms with Crippen molar-refractivity contribution < 1.29 is 27.8 Å². The summed E-state index contributed by atoms with van der Waals surface area (Å²) in [6, 6.07) is 17.6. The first kappa shape index (κ1) is 23.4. The van der Waals surface area contributed by atoms with E-state index >= 15 is 0 Å². The molecule has 2 heterocycles. The summed E-state index contributed by atoms with van der Waals surface area (Å²) >= 11 is 1.20. The summed E-state index contributed by atoms with van der Waals surface area (Å²) in [5.74, 6) is -0.240. The van der Waals surface area contributed by atoms with Crippen LogP contribution in [0.15, 0.2) is 66.7 Å². The standard InChI is InChI=1S/C27H22F3NO3S/c28-19-5-3-17(4-6-19)24(33)26-25(22-10-7-20(32)13-23(22)35-26)34-21-8-1-16(2-9-21)11-12-31-14-18(15-31)27(29)30/h1-10,13,18,27,32H,11-12,14-15H2. The van der Waals surface area contributed by atoms with E-state index in [2.05, 4.69) is 0 Å². The lowest BCUT2D eigenvalue weighted by Gasteiger charge is -2.38. The molecule has 0 spiro atoms. The number of aromatic hydroxyl groups is 1. The van der Waals surface area contributed by atoms with Gasteiger partial charge in [0.15, 0.2) is 5.75 Å². The summed E-state index contributed by atoms with van der Waals surface area (Å²) in [5, 5.41) is 10.6. The fourth-order valence-electron chi connectivity index (χ4n) is 4.13. The highest BCUT2D eigenvalue weighted by molar-refractivity contribution is 7.21. The zero-order valence-corrected chi connectivity index (χ0v) is 19.4. The average Bonchev–Trinajstić information content (AvgIpc) is 3.16. The number of carbonyl (C=O) groups excluding carboxylic acids is 1. The Kier molecular flexibility index (Phi) is 6.49. The fourth-order valence-corrected chi connectivity index (χ4v) is 5.25. The number of likely N-dealkylation sites (tertiary alicyclic amines) is 1. The molecule has 1 N–H and O–H groups in total. The molecular formula is C27H22F3NO3S. The van der Waals surface area contributed by atoms with Crippen molar-refractivity contribution in [3.05, 3.63) is 88.6 Å². The summed E-state index contributed by atoms with van der Waals surface area (Å²) in [4.78, 5) is 15.6. The number of nitrogens with zero attached hydrogens (tertiary/aromatic N) is 1. The number of hydrogen-bond donors (Lipinski definition) is 1. The van der Waals surface area contributed by atoms with Crippen LogP contribution in [0.3, 0.4) is 0 Å². The number of halogens is 3. The number of fused-ring (bicyclic) bond motifs is 1. The molecule has 0 atom stereocenters. The first-order valence-electron chi connectivity index (χ1n) is 11.2. The zero-order valence-electron chi connectivity index (χ0n) is 18.6. The van der Waals surface area contributed by atoms with Gasteiger partial charge < -0.3 is 14.7 Å². The van der Waals surface area contributed by atoms with Gasteiger partial charge in [-0.25, -0.2) is 13.2 Å². The number of thiophene rings is 1. The van der Waals surface area contributed by atoms with Gasteiger partial charge in [0.1, 0.15) is 22.2 Å². The fraction of sp³-hybridized carbons (Fsp3) is 0.222. The second kappa shape index (κ2) is 9.71. The molecule has 0 radical (unpaired) electrons. The molecule has 1 aliphatic rings. The van der Waals surface area contributed by atoms with Crippen molar-refractivity contribution >= 4 is 27.2 Å². The summed E-state index contributed by atoms with van der Waals surface area (Å²) in [5.41, 5.74) is 1.39. The van der Waals surface area contributed by atoms with E-state index in [1.807, 2.05) is 29.2 Å². The summed E-state index contributed by atoms with van der Waals surface area (Å²) in [6.07, 6.45) is -1.51. The lowest BCUT2D eigenvalue weighted by molar-refractivity contribution is -0.0233. The van der Waals surface area contributed by atoms with E-state index < -0.39 is 18.2 Å². The maximum Gasteiger partial charge on any atom is 0.243 e. The van der Waals surface area contributed by atoms with Crippen LogP contribution >= 0.6 is 11.3 Å². The molecule has 0 bridgehead atoms. The molecule has 1 saturated heterocycles. The third-order valence-electron chi connectivity index (χ3n) is 6.14. The molecule has 1 aromatic heterocycles. The van der Waals surface area contributed by atoms with Crippen LogP contribution in [0.5, 0.6) is 17.2 Å². The molecule has 1 aliphatic heterocycles. The minimum atomic E-state index is -2.25. The van der Waals surface area contributed by atoms with Gasteiger partial charge in [0.2, 0.25) is 12.2 Å². The van der Waals surface area contributed by atoms with Gasteiger partial charge in [-0.3, -0.25) is 4.79 Å². The normalized spacial score (nSPS) is 14.4. The zero-order chi connectivity index (χ0) is 24.5. The predicted octanol–water partition coefficient (Wildman–Crippen LogP) is 6.51. The smallest absolute Gasteiger partial charge is 0.243 e. The summed E-state index contributed by atoms with van der Waals surface area (Å²) in [6.45, 7) is 1.59. The number of ether oxygens (including phenoxy) is 1. The van der Waals surface area contributed by atoms with Crippen LogP contribution in [0.4, 0.5) is 13.2 Å². The highest BCUT2D eigenvalue weighted by atomic mass is 32.1. The van der Waals surface area contributed by atoms with Crippen molar-refractivity contribution in [3.63, 3.8) is 0 Å². The van der Waals surface area contributed by atoms with Gasteiger partial charge in [-0.1, -0.05) is 12.1 Å². The van der Waals surface area contributed by atoms with Gasteiger partial charge in [0.25, 0.3) is 0 Å². The lowest BCUT2D eigenvalue weighted by Crippen LogP contribution is -2.50. The van der Waals surface area contributed by atoms with E-state index in [9.17, 15) is 23.1 Å². The van der Waals surface area contributed by atoms with E-state index in [0.29, 0.717) is 45.1 Å². The quantitative estimate of drug-likeness (QED) is 0.282. The van der Waals surface area contributed by atoms with Gasteiger partial charge in [0.05, 0.1) is 0 Å². The van der Waals surface area contributed by atoms with Crippen LogP contribution in [-0.2, 0) is 6.42 Å². The Hall–Kier alpha value is -3.36. The van der Waals surface area contributed by atoms with E-state index in [4.69, 9.17) is 4.74 Å². The molecule has 0 aliphatic carbocycles. The lowest BCUT2D eigenvalue weighted by atomic mass is 10.00. The van der Waals surface area contributed by atoms with Crippen LogP contribution in [0.2, 0.25) is 0 Å². The minimum Gasteiger partial charge on any atom is -0.508 e. The van der Waals surface area contributed by atoms with E-state index in [-0.39, 0.29) is 11.5 Å². The Labute approximate surface area is 204 Å². The number of hydrogen-bond acceptors (Lipinski definition) is 5. The maximum atomic E-state index is 13.3. The van der Waals surface area contributed by atoms with Crippen LogP contribution < -0.4 is 4.74 Å². The number of carbonyl (C=O) groups is 1. The molecule has 4 aromatic rings. The second-order valence-corrected chi connectivity index (χ2v) is 9.68. The Morgan fingerprint density at radius 3 is 2.46 bits per heavy atom. The van der Waals surface area contributed by atoms with Crippen molar-refractivity contribution in [2.45, 2.75) is 12.8 Å². The van der Waals surface area contributed by atoms with Crippen molar-refractivity contribution in [1.29, 1.82) is 0 Å². The first-order chi connectivity index (χ1) is 16.9. The molecule has 35 heavy (non-hydrogen) atoms. The second-order valence-electron chi connectivity index (χ2n) is 8.63. The monoisotopic (exact) mass is 497 g/mol. The number of phenols is 1. The van der Waals surface area contributed by atoms with Crippen LogP contribution in [0.25, 0.3) is 10.1 Å². The molecule has 0 unspecified atom stereocenters. The Morgan fingerprint density at radius 2 is 1.77 bits per heavy atom. The largest absolute Gasteiger partial charge is 0.508 e. The first-order valence-corrected chi connectivity index (χ1v) is 12.0. The number of alkyl halides is 2. The topological polar surface area (TPSA) is 49.8 Å². The van der Waals surface area contributed by atoms with Crippen molar-refractivity contribution in [3.8, 4) is 17.2 Å². The van der Waals surface area contributed by atoms with Gasteiger partial charge in [0, 0.05) is 41.2 Å². The Bertz CT molecular complexity index is 1350. The highest BCUT2D eigenvalue weighted by Crippen LogP contribution is 2.42. The van der Waals surface area contributed by atoms with Crippen LogP contribution in [-0.4, -0.2) is 41.8 Å². The Balaban J connectivity index is 1.35. The molecule has 0 amide bonds. The number of phenolic OH excluding ortho intramolecular Hbond substituents is 1. The van der Waals surface area contributed by atoms with Gasteiger partial charge in [-0.15, -0.1) is 11.3 Å². The summed E-state index contributed by atoms with van der Waals surface area (Å²) in [7, 11) is 0. The molecular weight excluding hydrogens is 475 g/mol. The number of benzene rings is 3. The number of ketones is 1. The SMILES string of the molecule is O=C(c1ccc(F)cc1)c1sc2cc(O)ccc2c1Oc1ccc(CCN2CC(C(F)F)C2)cc1. The maximum absolute atomic E-state index is 13.3. The molecule has 5 rings (SSSR count). The summed E-state index contributed by atoms with van der Waals surface area (Å²) < 4.78 is 45.5. The van der Waals surface area contributed by atoms with Crippen molar-refractivity contribution in [2.24, 2.45) is 5.92 Å². The molecule has 4 nitrogen and oxygen atoms in total. The van der Waals surface area contributed by atoms with E-state index in [1.54, 1.807) is 12.1 Å². The third kappa shape index (κ3) is 5.04. The van der Waals surface area contributed by atoms with Crippen molar-refractivity contribution in [1.82, 2.24) is 4.90 Å². The predicted molar refractivity (Wildman–Crippen MR) is 129 cm³/mol. The highest BCUT2D eigenvalue weighted by Gasteiger charge is 2.33. The molecule has 0 saturated carbocycles.